The van der Waals surface area contributed by atoms with Gasteiger partial charge in [0.1, 0.15) is 12.4 Å². The summed E-state index contributed by atoms with van der Waals surface area (Å²) in [4.78, 5) is 28.8. The number of carboxylic acids is 1. The number of aliphatic hydroxyl groups excluding tert-OH is 1. The van der Waals surface area contributed by atoms with E-state index in [0.717, 1.165) is 43.2 Å². The monoisotopic (exact) mass is 584 g/mol. The minimum atomic E-state index is -2.43. The van der Waals surface area contributed by atoms with Gasteiger partial charge in [0.05, 0.1) is 18.2 Å². The lowest BCUT2D eigenvalue weighted by Crippen LogP contribution is -2.43. The summed E-state index contributed by atoms with van der Waals surface area (Å²) in [6, 6.07) is 10.7. The lowest BCUT2D eigenvalue weighted by molar-refractivity contribution is -0.164. The first-order chi connectivity index (χ1) is 19.5. The molecule has 2 aromatic rings. The number of amides is 1. The molecule has 1 amide bonds. The second-order valence-corrected chi connectivity index (χ2v) is 11.9. The van der Waals surface area contributed by atoms with Crippen LogP contribution in [-0.4, -0.2) is 64.9 Å². The highest BCUT2D eigenvalue weighted by Gasteiger charge is 2.42. The average molecular weight is 585 g/mol. The molecule has 0 radical (unpaired) electrons. The van der Waals surface area contributed by atoms with Gasteiger partial charge in [0, 0.05) is 31.7 Å². The first-order valence-electron chi connectivity index (χ1n) is 14.3. The van der Waals surface area contributed by atoms with Crippen LogP contribution in [0.25, 0.3) is 0 Å². The summed E-state index contributed by atoms with van der Waals surface area (Å²) in [6.45, 7) is 7.34. The van der Waals surface area contributed by atoms with Crippen molar-refractivity contribution >= 4 is 29.2 Å². The van der Waals surface area contributed by atoms with Gasteiger partial charge in [-0.1, -0.05) is 29.8 Å². The SMILES string of the molecule is C=CCN(C)C(=O)C[C@@](O)(C(=O)O)c1ccc2c(c1)N(C[C@@H]1CC[C@H]1[C@H](C)O)CCCCc1cc(Cl)ccc1CO2. The third-order valence-corrected chi connectivity index (χ3v) is 8.83. The average Bonchev–Trinajstić information content (AvgIpc) is 2.93. The number of rotatable bonds is 9. The summed E-state index contributed by atoms with van der Waals surface area (Å²) in [7, 11) is 1.54. The fourth-order valence-electron chi connectivity index (χ4n) is 5.89. The predicted molar refractivity (Wildman–Crippen MR) is 159 cm³/mol. The van der Waals surface area contributed by atoms with Gasteiger partial charge < -0.3 is 29.9 Å². The molecule has 8 nitrogen and oxygen atoms in total. The topological polar surface area (TPSA) is 111 Å². The van der Waals surface area contributed by atoms with E-state index in [0.29, 0.717) is 36.2 Å². The zero-order chi connectivity index (χ0) is 29.7. The fourth-order valence-corrected chi connectivity index (χ4v) is 6.08. The molecule has 222 valence electrons. The predicted octanol–water partition coefficient (Wildman–Crippen LogP) is 4.78. The largest absolute Gasteiger partial charge is 0.487 e. The van der Waals surface area contributed by atoms with E-state index in [4.69, 9.17) is 16.3 Å². The van der Waals surface area contributed by atoms with Crippen molar-refractivity contribution in [2.24, 2.45) is 11.8 Å². The van der Waals surface area contributed by atoms with Crippen molar-refractivity contribution < 1.29 is 29.6 Å². The van der Waals surface area contributed by atoms with E-state index < -0.39 is 30.0 Å². The molecular formula is C32H41ClN2O6. The van der Waals surface area contributed by atoms with Crippen LogP contribution in [0.15, 0.2) is 49.1 Å². The van der Waals surface area contributed by atoms with Crippen molar-refractivity contribution in [2.75, 3.05) is 31.6 Å². The third kappa shape index (κ3) is 7.05. The molecule has 1 fully saturated rings. The number of carbonyl (C=O) groups is 2. The maximum Gasteiger partial charge on any atom is 0.340 e. The third-order valence-electron chi connectivity index (χ3n) is 8.59. The zero-order valence-corrected chi connectivity index (χ0v) is 24.6. The minimum absolute atomic E-state index is 0.112. The molecule has 4 rings (SSSR count). The molecule has 9 heteroatoms. The van der Waals surface area contributed by atoms with Gasteiger partial charge in [0.15, 0.2) is 5.60 Å². The Morgan fingerprint density at radius 3 is 2.66 bits per heavy atom. The van der Waals surface area contributed by atoms with Gasteiger partial charge in [-0.25, -0.2) is 4.79 Å². The van der Waals surface area contributed by atoms with Gasteiger partial charge in [-0.15, -0.1) is 6.58 Å². The summed E-state index contributed by atoms with van der Waals surface area (Å²) < 4.78 is 6.35. The van der Waals surface area contributed by atoms with E-state index in [9.17, 15) is 24.9 Å². The highest BCUT2D eigenvalue weighted by atomic mass is 35.5. The van der Waals surface area contributed by atoms with Crippen LogP contribution in [0, 0.1) is 11.8 Å². The number of carbonyl (C=O) groups excluding carboxylic acids is 1. The van der Waals surface area contributed by atoms with Crippen LogP contribution in [0.4, 0.5) is 5.69 Å². The Balaban J connectivity index is 1.74. The minimum Gasteiger partial charge on any atom is -0.487 e. The van der Waals surface area contributed by atoms with E-state index in [-0.39, 0.29) is 23.9 Å². The Bertz CT molecular complexity index is 1270. The Hall–Kier alpha value is -3.07. The summed E-state index contributed by atoms with van der Waals surface area (Å²) in [5.41, 5.74) is 0.522. The lowest BCUT2D eigenvalue weighted by Gasteiger charge is -2.42. The number of aryl methyl sites for hydroxylation is 1. The van der Waals surface area contributed by atoms with Crippen molar-refractivity contribution in [3.8, 4) is 5.75 Å². The number of halogens is 1. The smallest absolute Gasteiger partial charge is 0.340 e. The van der Waals surface area contributed by atoms with Crippen LogP contribution >= 0.6 is 11.6 Å². The second-order valence-electron chi connectivity index (χ2n) is 11.4. The van der Waals surface area contributed by atoms with Crippen molar-refractivity contribution in [1.29, 1.82) is 0 Å². The Labute approximate surface area is 247 Å². The number of ether oxygens (including phenoxy) is 1. The molecule has 1 heterocycles. The van der Waals surface area contributed by atoms with Gasteiger partial charge in [-0.3, -0.25) is 4.79 Å². The van der Waals surface area contributed by atoms with Gasteiger partial charge in [-0.05, 0) is 91.8 Å². The van der Waals surface area contributed by atoms with Crippen molar-refractivity contribution in [3.63, 3.8) is 0 Å². The number of benzene rings is 2. The Morgan fingerprint density at radius 2 is 2.00 bits per heavy atom. The number of aliphatic hydroxyl groups is 2. The molecule has 1 saturated carbocycles. The molecule has 0 spiro atoms. The first-order valence-corrected chi connectivity index (χ1v) is 14.7. The molecule has 0 saturated heterocycles. The first kappa shape index (κ1) is 30.9. The number of aliphatic carboxylic acids is 1. The summed E-state index contributed by atoms with van der Waals surface area (Å²) in [6.07, 6.45) is 5.13. The number of hydrogen-bond donors (Lipinski definition) is 3. The molecule has 41 heavy (non-hydrogen) atoms. The molecule has 0 aromatic heterocycles. The maximum atomic E-state index is 12.8. The van der Waals surface area contributed by atoms with E-state index in [1.54, 1.807) is 25.3 Å². The van der Waals surface area contributed by atoms with Crippen LogP contribution in [0.5, 0.6) is 5.75 Å². The molecule has 0 unspecified atom stereocenters. The highest BCUT2D eigenvalue weighted by molar-refractivity contribution is 6.30. The van der Waals surface area contributed by atoms with E-state index in [1.165, 1.54) is 11.0 Å². The Kier molecular flexibility index (Phi) is 10.00. The molecular weight excluding hydrogens is 544 g/mol. The van der Waals surface area contributed by atoms with Crippen LogP contribution in [0.1, 0.15) is 55.7 Å². The molecule has 0 bridgehead atoms. The van der Waals surface area contributed by atoms with Crippen molar-refractivity contribution in [2.45, 2.75) is 63.8 Å². The number of likely N-dealkylation sites (N-methyl/N-ethyl adjacent to an activating group) is 1. The van der Waals surface area contributed by atoms with Crippen LogP contribution in [0.2, 0.25) is 5.02 Å². The number of anilines is 1. The van der Waals surface area contributed by atoms with Crippen LogP contribution in [-0.2, 0) is 28.2 Å². The van der Waals surface area contributed by atoms with Crippen molar-refractivity contribution in [1.82, 2.24) is 4.90 Å². The van der Waals surface area contributed by atoms with Crippen molar-refractivity contribution in [3.05, 3.63) is 70.8 Å². The molecule has 3 N–H and O–H groups in total. The number of hydrogen-bond acceptors (Lipinski definition) is 6. The number of nitrogens with zero attached hydrogens (tertiary/aromatic N) is 2. The highest BCUT2D eigenvalue weighted by Crippen LogP contribution is 2.41. The van der Waals surface area contributed by atoms with Gasteiger partial charge >= 0.3 is 5.97 Å². The fraction of sp³-hybridized carbons (Fsp3) is 0.500. The zero-order valence-electron chi connectivity index (χ0n) is 23.9. The molecule has 1 aliphatic heterocycles. The standard InChI is InChI=1S/C32H41ClN2O6/c1-4-14-34(3)30(37)18-32(40,31(38)39)25-10-13-29-28(17-25)35(19-23-9-12-27(23)21(2)36)15-6-5-7-22-16-26(33)11-8-24(22)20-41-29/h4,8,10-11,13,16-17,21,23,27,36,40H,1,5-7,9,12,14-15,18-20H2,2-3H3,(H,38,39)/t21-,23-,27-,32-/m0/s1. The van der Waals surface area contributed by atoms with E-state index >= 15 is 0 Å². The summed E-state index contributed by atoms with van der Waals surface area (Å²) in [5.74, 6) is -0.974. The van der Waals surface area contributed by atoms with Gasteiger partial charge in [0.2, 0.25) is 5.91 Å². The molecule has 2 aromatic carbocycles. The van der Waals surface area contributed by atoms with Crippen LogP contribution in [0.3, 0.4) is 0 Å². The quantitative estimate of drug-likeness (QED) is 0.364. The maximum absolute atomic E-state index is 12.8. The number of carboxylic acid groups (broad SMARTS) is 1. The summed E-state index contributed by atoms with van der Waals surface area (Å²) >= 11 is 6.28. The van der Waals surface area contributed by atoms with E-state index in [1.807, 2.05) is 25.1 Å². The summed E-state index contributed by atoms with van der Waals surface area (Å²) in [5, 5.41) is 32.5. The van der Waals surface area contributed by atoms with E-state index in [2.05, 4.69) is 11.5 Å². The normalized spacial score (nSPS) is 21.0. The molecule has 4 atom stereocenters. The van der Waals surface area contributed by atoms with Gasteiger partial charge in [0.25, 0.3) is 0 Å². The second kappa shape index (κ2) is 13.3. The molecule has 1 aliphatic carbocycles. The number of fused-ring (bicyclic) bond motifs is 2. The molecule has 2 aliphatic rings. The van der Waals surface area contributed by atoms with Crippen LogP contribution < -0.4 is 9.64 Å². The lowest BCUT2D eigenvalue weighted by atomic mass is 9.70. The Morgan fingerprint density at radius 1 is 1.22 bits per heavy atom. The van der Waals surface area contributed by atoms with Gasteiger partial charge in [-0.2, -0.15) is 0 Å².